The molecular formula is C7H16O5. The first-order valence-corrected chi connectivity index (χ1v) is 3.27. The predicted molar refractivity (Wildman–Crippen MR) is 44.0 cm³/mol. The first-order chi connectivity index (χ1) is 5.20. The summed E-state index contributed by atoms with van der Waals surface area (Å²) in [6.07, 6.45) is -0.167. The van der Waals surface area contributed by atoms with Crippen LogP contribution >= 0.6 is 0 Å². The van der Waals surface area contributed by atoms with Crippen LogP contribution < -0.4 is 0 Å². The molecule has 0 bridgehead atoms. The Labute approximate surface area is 71.6 Å². The minimum Gasteiger partial charge on any atom is -0.481 e. The number of aliphatic hydroxyl groups excluding tert-OH is 1. The summed E-state index contributed by atoms with van der Waals surface area (Å²) in [6, 6.07) is 0. The van der Waals surface area contributed by atoms with Crippen LogP contribution in [0.3, 0.4) is 0 Å². The van der Waals surface area contributed by atoms with Crippen molar-refractivity contribution < 1.29 is 24.9 Å². The number of aliphatic hydroxyl groups is 1. The zero-order valence-corrected chi connectivity index (χ0v) is 7.74. The lowest BCUT2D eigenvalue weighted by atomic mass is 10.5. The van der Waals surface area contributed by atoms with Gasteiger partial charge in [0, 0.05) is 20.0 Å². The molecule has 3 N–H and O–H groups in total. The molecule has 0 aromatic heterocycles. The Morgan fingerprint density at radius 3 is 1.00 bits per heavy atom. The number of hydrogen-bond acceptors (Lipinski definition) is 3. The van der Waals surface area contributed by atoms with Gasteiger partial charge in [-0.15, -0.1) is 0 Å². The topological polar surface area (TPSA) is 94.8 Å². The van der Waals surface area contributed by atoms with Crippen LogP contribution in [0, 0.1) is 0 Å². The summed E-state index contributed by atoms with van der Waals surface area (Å²) >= 11 is 0. The fourth-order valence-corrected chi connectivity index (χ4v) is 0. The molecule has 0 amide bonds. The number of aliphatic carboxylic acids is 2. The van der Waals surface area contributed by atoms with Crippen molar-refractivity contribution in [1.29, 1.82) is 0 Å². The first-order valence-electron chi connectivity index (χ1n) is 3.27. The largest absolute Gasteiger partial charge is 0.481 e. The normalized spacial score (nSPS) is 7.17. The zero-order chi connectivity index (χ0) is 10.7. The molecule has 0 atom stereocenters. The van der Waals surface area contributed by atoms with Crippen LogP contribution in [0.15, 0.2) is 0 Å². The molecule has 74 valence electrons. The van der Waals surface area contributed by atoms with Gasteiger partial charge in [0.1, 0.15) is 0 Å². The molecule has 0 saturated carbocycles. The summed E-state index contributed by atoms with van der Waals surface area (Å²) in [5.74, 6) is -1.67. The van der Waals surface area contributed by atoms with Gasteiger partial charge >= 0.3 is 0 Å². The van der Waals surface area contributed by atoms with Gasteiger partial charge in [0.15, 0.2) is 0 Å². The Balaban J connectivity index is -0.000000101. The quantitative estimate of drug-likeness (QED) is 0.506. The number of rotatable bonds is 0. The van der Waals surface area contributed by atoms with Crippen molar-refractivity contribution in [2.45, 2.75) is 33.8 Å². The van der Waals surface area contributed by atoms with E-state index in [9.17, 15) is 0 Å². The van der Waals surface area contributed by atoms with Crippen molar-refractivity contribution in [3.8, 4) is 0 Å². The number of carbonyl (C=O) groups is 2. The second-order valence-corrected chi connectivity index (χ2v) is 2.13. The highest BCUT2D eigenvalue weighted by Crippen LogP contribution is 1.65. The van der Waals surface area contributed by atoms with Gasteiger partial charge in [0.05, 0.1) is 0 Å². The molecule has 0 spiro atoms. The van der Waals surface area contributed by atoms with Crippen molar-refractivity contribution in [2.24, 2.45) is 0 Å². The summed E-state index contributed by atoms with van der Waals surface area (Å²) in [5, 5.41) is 22.9. The molecular weight excluding hydrogens is 164 g/mol. The monoisotopic (exact) mass is 180 g/mol. The van der Waals surface area contributed by atoms with E-state index in [1.165, 1.54) is 0 Å². The van der Waals surface area contributed by atoms with E-state index < -0.39 is 11.9 Å². The van der Waals surface area contributed by atoms with Crippen molar-refractivity contribution in [3.63, 3.8) is 0 Å². The van der Waals surface area contributed by atoms with E-state index in [2.05, 4.69) is 0 Å². The Morgan fingerprint density at radius 2 is 1.00 bits per heavy atom. The Hall–Kier alpha value is -1.10. The molecule has 12 heavy (non-hydrogen) atoms. The summed E-state index contributed by atoms with van der Waals surface area (Å²) < 4.78 is 0. The summed E-state index contributed by atoms with van der Waals surface area (Å²) in [5.41, 5.74) is 0. The zero-order valence-electron chi connectivity index (χ0n) is 7.74. The molecule has 0 heterocycles. The van der Waals surface area contributed by atoms with E-state index in [1.807, 2.05) is 0 Å². The second kappa shape index (κ2) is 12.6. The molecule has 0 saturated heterocycles. The van der Waals surface area contributed by atoms with Crippen molar-refractivity contribution in [2.75, 3.05) is 0 Å². The fraction of sp³-hybridized carbons (Fsp3) is 0.714. The minimum atomic E-state index is -0.833. The van der Waals surface area contributed by atoms with E-state index in [1.54, 1.807) is 13.8 Å². The third-order valence-corrected chi connectivity index (χ3v) is 0. The maximum atomic E-state index is 9.00. The fourth-order valence-electron chi connectivity index (χ4n) is 0. The Morgan fingerprint density at radius 1 is 1.00 bits per heavy atom. The first kappa shape index (κ1) is 17.1. The van der Waals surface area contributed by atoms with E-state index in [4.69, 9.17) is 24.9 Å². The van der Waals surface area contributed by atoms with Crippen LogP contribution in [-0.4, -0.2) is 33.4 Å². The summed E-state index contributed by atoms with van der Waals surface area (Å²) in [4.78, 5) is 18.0. The van der Waals surface area contributed by atoms with Gasteiger partial charge in [-0.25, -0.2) is 0 Å². The highest BCUT2D eigenvalue weighted by Gasteiger charge is 1.69. The predicted octanol–water partition coefficient (Wildman–Crippen LogP) is 0.569. The maximum Gasteiger partial charge on any atom is 0.300 e. The highest BCUT2D eigenvalue weighted by atomic mass is 16.4. The third kappa shape index (κ3) is 459. The molecule has 0 aliphatic carbocycles. The van der Waals surface area contributed by atoms with Gasteiger partial charge in [-0.05, 0) is 13.8 Å². The van der Waals surface area contributed by atoms with Gasteiger partial charge in [-0.2, -0.15) is 0 Å². The SMILES string of the molecule is CC(=O)O.CC(=O)O.CC(C)O. The van der Waals surface area contributed by atoms with Crippen LogP contribution in [0.1, 0.15) is 27.7 Å². The molecule has 0 unspecified atom stereocenters. The standard InChI is InChI=1S/C3H8O.2C2H4O2/c1-3(2)4;2*1-2(3)4/h3-4H,1-2H3;2*1H3,(H,3,4). The van der Waals surface area contributed by atoms with Crippen molar-refractivity contribution in [3.05, 3.63) is 0 Å². The average molecular weight is 180 g/mol. The van der Waals surface area contributed by atoms with Gasteiger partial charge in [0.2, 0.25) is 0 Å². The van der Waals surface area contributed by atoms with Gasteiger partial charge < -0.3 is 15.3 Å². The molecule has 0 radical (unpaired) electrons. The van der Waals surface area contributed by atoms with Gasteiger partial charge in [-0.3, -0.25) is 9.59 Å². The summed E-state index contributed by atoms with van der Waals surface area (Å²) in [6.45, 7) is 5.61. The Bertz CT molecular complexity index is 96.2. The van der Waals surface area contributed by atoms with Crippen LogP contribution in [0.4, 0.5) is 0 Å². The maximum absolute atomic E-state index is 9.00. The molecule has 0 aromatic carbocycles. The van der Waals surface area contributed by atoms with E-state index >= 15 is 0 Å². The molecule has 0 aliphatic heterocycles. The number of carboxylic acids is 2. The van der Waals surface area contributed by atoms with E-state index in [0.29, 0.717) is 0 Å². The van der Waals surface area contributed by atoms with Crippen LogP contribution in [0.2, 0.25) is 0 Å². The number of hydrogen-bond donors (Lipinski definition) is 3. The second-order valence-electron chi connectivity index (χ2n) is 2.13. The Kier molecular flexibility index (Phi) is 17.9. The molecule has 5 heteroatoms. The van der Waals surface area contributed by atoms with Crippen molar-refractivity contribution in [1.82, 2.24) is 0 Å². The van der Waals surface area contributed by atoms with E-state index in [-0.39, 0.29) is 6.10 Å². The van der Waals surface area contributed by atoms with Crippen molar-refractivity contribution >= 4 is 11.9 Å². The van der Waals surface area contributed by atoms with Crippen LogP contribution in [-0.2, 0) is 9.59 Å². The molecule has 0 aliphatic rings. The van der Waals surface area contributed by atoms with Gasteiger partial charge in [-0.1, -0.05) is 0 Å². The molecule has 0 aromatic rings. The lowest BCUT2D eigenvalue weighted by Gasteiger charge is -1.80. The third-order valence-electron chi connectivity index (χ3n) is 0. The summed E-state index contributed by atoms with van der Waals surface area (Å²) in [7, 11) is 0. The lowest BCUT2D eigenvalue weighted by Crippen LogP contribution is -1.85. The number of carboxylic acid groups (broad SMARTS) is 2. The lowest BCUT2D eigenvalue weighted by molar-refractivity contribution is -0.135. The minimum absolute atomic E-state index is 0.167. The molecule has 5 nitrogen and oxygen atoms in total. The molecule has 0 fully saturated rings. The average Bonchev–Trinajstić information content (AvgIpc) is 1.54. The smallest absolute Gasteiger partial charge is 0.300 e. The van der Waals surface area contributed by atoms with Crippen LogP contribution in [0.25, 0.3) is 0 Å². The van der Waals surface area contributed by atoms with Crippen LogP contribution in [0.5, 0.6) is 0 Å². The molecule has 0 rings (SSSR count). The highest BCUT2D eigenvalue weighted by molar-refractivity contribution is 5.63. The van der Waals surface area contributed by atoms with Gasteiger partial charge in [0.25, 0.3) is 11.9 Å². The van der Waals surface area contributed by atoms with E-state index in [0.717, 1.165) is 13.8 Å².